The van der Waals surface area contributed by atoms with Crippen LogP contribution in [0.25, 0.3) is 0 Å². The number of anilines is 1. The molecule has 0 bridgehead atoms. The van der Waals surface area contributed by atoms with Crippen molar-refractivity contribution in [2.45, 2.75) is 6.54 Å². The number of rotatable bonds is 3. The first kappa shape index (κ1) is 13.0. The second-order valence-electron chi connectivity index (χ2n) is 4.37. The zero-order chi connectivity index (χ0) is 14.7. The number of ether oxygens (including phenoxy) is 2. The van der Waals surface area contributed by atoms with Gasteiger partial charge in [-0.15, -0.1) is 0 Å². The van der Waals surface area contributed by atoms with E-state index in [0.717, 1.165) is 0 Å². The Hall–Kier alpha value is -3.01. The van der Waals surface area contributed by atoms with Gasteiger partial charge in [0.1, 0.15) is 19.8 Å². The van der Waals surface area contributed by atoms with E-state index < -0.39 is 0 Å². The third kappa shape index (κ3) is 2.79. The second-order valence-corrected chi connectivity index (χ2v) is 4.37. The first-order valence-electron chi connectivity index (χ1n) is 6.37. The molecular weight excluding hydrogens is 272 g/mol. The number of hydrogen-bond acceptors (Lipinski definition) is 5. The Kier molecular flexibility index (Phi) is 3.43. The quantitative estimate of drug-likeness (QED) is 0.921. The van der Waals surface area contributed by atoms with Crippen molar-refractivity contribution in [2.75, 3.05) is 18.5 Å². The fraction of sp³-hybridized carbons (Fsp3) is 0.214. The Bertz CT molecular complexity index is 717. The minimum absolute atomic E-state index is 0.139. The van der Waals surface area contributed by atoms with Crippen LogP contribution in [0.1, 0.15) is 10.4 Å². The highest BCUT2D eigenvalue weighted by molar-refractivity contribution is 6.04. The molecule has 0 saturated heterocycles. The Morgan fingerprint density at radius 1 is 1.33 bits per heavy atom. The summed E-state index contributed by atoms with van der Waals surface area (Å²) in [4.78, 5) is 12.1. The zero-order valence-corrected chi connectivity index (χ0v) is 11.1. The lowest BCUT2D eigenvalue weighted by atomic mass is 10.2. The van der Waals surface area contributed by atoms with Gasteiger partial charge in [0, 0.05) is 17.8 Å². The Labute approximate surface area is 120 Å². The number of aromatic nitrogens is 2. The van der Waals surface area contributed by atoms with Crippen LogP contribution in [0.3, 0.4) is 0 Å². The average Bonchev–Trinajstić information content (AvgIpc) is 2.94. The van der Waals surface area contributed by atoms with Crippen molar-refractivity contribution in [2.24, 2.45) is 0 Å². The van der Waals surface area contributed by atoms with E-state index in [1.165, 1.54) is 4.68 Å². The van der Waals surface area contributed by atoms with Gasteiger partial charge in [0.2, 0.25) is 0 Å². The number of hydrogen-bond donors (Lipinski definition) is 1. The second kappa shape index (κ2) is 5.54. The zero-order valence-electron chi connectivity index (χ0n) is 11.1. The lowest BCUT2D eigenvalue weighted by Crippen LogP contribution is -2.17. The molecule has 0 atom stereocenters. The summed E-state index contributed by atoms with van der Waals surface area (Å²) in [6.45, 7) is 1.12. The van der Waals surface area contributed by atoms with Gasteiger partial charge in [0.15, 0.2) is 17.3 Å². The number of nitriles is 1. The molecule has 1 aliphatic rings. The number of carbonyl (C=O) groups is 1. The molecule has 1 aromatic carbocycles. The molecule has 0 unspecified atom stereocenters. The average molecular weight is 284 g/mol. The van der Waals surface area contributed by atoms with E-state index in [-0.39, 0.29) is 12.5 Å². The fourth-order valence-electron chi connectivity index (χ4n) is 1.96. The summed E-state index contributed by atoms with van der Waals surface area (Å²) in [7, 11) is 0. The molecule has 106 valence electrons. The summed E-state index contributed by atoms with van der Waals surface area (Å²) < 4.78 is 12.3. The molecule has 3 rings (SSSR count). The summed E-state index contributed by atoms with van der Waals surface area (Å²) in [6, 6.07) is 8.61. The largest absolute Gasteiger partial charge is 0.486 e. The predicted molar refractivity (Wildman–Crippen MR) is 73.2 cm³/mol. The number of carbonyl (C=O) groups excluding carboxylic acids is 1. The lowest BCUT2D eigenvalue weighted by molar-refractivity contribution is 0.102. The van der Waals surface area contributed by atoms with E-state index in [1.54, 1.807) is 30.5 Å². The van der Waals surface area contributed by atoms with Crippen LogP contribution in [0.5, 0.6) is 11.5 Å². The Morgan fingerprint density at radius 2 is 2.14 bits per heavy atom. The SMILES string of the molecule is N#CCn1ccc(NC(=O)c2ccc3c(c2)OCCO3)n1. The lowest BCUT2D eigenvalue weighted by Gasteiger charge is -2.18. The first-order valence-corrected chi connectivity index (χ1v) is 6.37. The molecule has 1 amide bonds. The van der Waals surface area contributed by atoms with Gasteiger partial charge in [-0.2, -0.15) is 10.4 Å². The summed E-state index contributed by atoms with van der Waals surface area (Å²) in [5, 5.41) is 15.3. The molecule has 1 aromatic heterocycles. The van der Waals surface area contributed by atoms with Crippen molar-refractivity contribution in [1.29, 1.82) is 5.26 Å². The van der Waals surface area contributed by atoms with Crippen LogP contribution in [0.2, 0.25) is 0 Å². The fourth-order valence-corrected chi connectivity index (χ4v) is 1.96. The molecule has 7 heteroatoms. The van der Waals surface area contributed by atoms with Crippen molar-refractivity contribution < 1.29 is 14.3 Å². The third-order valence-electron chi connectivity index (χ3n) is 2.92. The maximum absolute atomic E-state index is 12.1. The molecule has 7 nitrogen and oxygen atoms in total. The van der Waals surface area contributed by atoms with Gasteiger partial charge < -0.3 is 14.8 Å². The number of nitrogens with zero attached hydrogens (tertiary/aromatic N) is 3. The van der Waals surface area contributed by atoms with E-state index in [4.69, 9.17) is 14.7 Å². The van der Waals surface area contributed by atoms with E-state index in [2.05, 4.69) is 10.4 Å². The highest BCUT2D eigenvalue weighted by atomic mass is 16.6. The molecular formula is C14H12N4O3. The molecule has 0 saturated carbocycles. The smallest absolute Gasteiger partial charge is 0.257 e. The first-order chi connectivity index (χ1) is 10.3. The molecule has 0 spiro atoms. The van der Waals surface area contributed by atoms with Gasteiger partial charge in [0.25, 0.3) is 5.91 Å². The van der Waals surface area contributed by atoms with Crippen LogP contribution in [0.4, 0.5) is 5.82 Å². The van der Waals surface area contributed by atoms with Crippen molar-refractivity contribution in [1.82, 2.24) is 9.78 Å². The van der Waals surface area contributed by atoms with Gasteiger partial charge in [-0.05, 0) is 18.2 Å². The number of amides is 1. The molecule has 1 aliphatic heterocycles. The number of benzene rings is 1. The number of fused-ring (bicyclic) bond motifs is 1. The van der Waals surface area contributed by atoms with E-state index in [0.29, 0.717) is 36.1 Å². The van der Waals surface area contributed by atoms with Crippen LogP contribution in [0, 0.1) is 11.3 Å². The normalized spacial score (nSPS) is 12.5. The monoisotopic (exact) mass is 284 g/mol. The summed E-state index contributed by atoms with van der Waals surface area (Å²) in [5.41, 5.74) is 0.453. The molecule has 21 heavy (non-hydrogen) atoms. The van der Waals surface area contributed by atoms with Crippen molar-refractivity contribution in [3.8, 4) is 17.6 Å². The Balaban J connectivity index is 1.74. The van der Waals surface area contributed by atoms with Crippen LogP contribution < -0.4 is 14.8 Å². The van der Waals surface area contributed by atoms with Crippen LogP contribution in [-0.2, 0) is 6.54 Å². The molecule has 1 N–H and O–H groups in total. The van der Waals surface area contributed by atoms with Gasteiger partial charge in [-0.3, -0.25) is 9.48 Å². The van der Waals surface area contributed by atoms with Crippen LogP contribution >= 0.6 is 0 Å². The highest BCUT2D eigenvalue weighted by Gasteiger charge is 2.15. The Morgan fingerprint density at radius 3 is 2.95 bits per heavy atom. The minimum Gasteiger partial charge on any atom is -0.486 e. The van der Waals surface area contributed by atoms with Gasteiger partial charge in [-0.1, -0.05) is 0 Å². The van der Waals surface area contributed by atoms with Crippen LogP contribution in [0.15, 0.2) is 30.5 Å². The van der Waals surface area contributed by atoms with Crippen molar-refractivity contribution >= 4 is 11.7 Å². The minimum atomic E-state index is -0.297. The van der Waals surface area contributed by atoms with E-state index in [9.17, 15) is 4.79 Å². The van der Waals surface area contributed by atoms with E-state index >= 15 is 0 Å². The number of nitrogens with one attached hydrogen (secondary N) is 1. The molecule has 0 radical (unpaired) electrons. The molecule has 2 aromatic rings. The maximum Gasteiger partial charge on any atom is 0.257 e. The van der Waals surface area contributed by atoms with E-state index in [1.807, 2.05) is 6.07 Å². The molecule has 0 fully saturated rings. The maximum atomic E-state index is 12.1. The van der Waals surface area contributed by atoms with Crippen LogP contribution in [-0.4, -0.2) is 28.9 Å². The molecule has 0 aliphatic carbocycles. The van der Waals surface area contributed by atoms with Gasteiger partial charge in [-0.25, -0.2) is 0 Å². The predicted octanol–water partition coefficient (Wildman–Crippen LogP) is 1.43. The third-order valence-corrected chi connectivity index (χ3v) is 2.92. The summed E-state index contributed by atoms with van der Waals surface area (Å²) in [6.07, 6.45) is 1.63. The van der Waals surface area contributed by atoms with Crippen molar-refractivity contribution in [3.05, 3.63) is 36.0 Å². The summed E-state index contributed by atoms with van der Waals surface area (Å²) >= 11 is 0. The van der Waals surface area contributed by atoms with Gasteiger partial charge >= 0.3 is 0 Å². The highest BCUT2D eigenvalue weighted by Crippen LogP contribution is 2.30. The molecule has 2 heterocycles. The topological polar surface area (TPSA) is 89.2 Å². The standard InChI is InChI=1S/C14H12N4O3/c15-4-6-18-5-3-13(17-18)16-14(19)10-1-2-11-12(9-10)21-8-7-20-11/h1-3,5,9H,6-8H2,(H,16,17,19). The van der Waals surface area contributed by atoms with Gasteiger partial charge in [0.05, 0.1) is 6.07 Å². The van der Waals surface area contributed by atoms with Crippen molar-refractivity contribution in [3.63, 3.8) is 0 Å². The summed E-state index contributed by atoms with van der Waals surface area (Å²) in [5.74, 6) is 1.29.